The van der Waals surface area contributed by atoms with Gasteiger partial charge in [-0.15, -0.1) is 0 Å². The number of nitrogens with zero attached hydrogens (tertiary/aromatic N) is 2. The van der Waals surface area contributed by atoms with Crippen LogP contribution in [0.25, 0.3) is 0 Å². The Labute approximate surface area is 256 Å². The molecule has 1 fully saturated rings. The molecule has 4 rings (SSSR count). The zero-order chi connectivity index (χ0) is 29.6. The normalized spacial score (nSPS) is 14.4. The van der Waals surface area contributed by atoms with E-state index < -0.39 is 28.5 Å². The molecule has 0 unspecified atom stereocenters. The van der Waals surface area contributed by atoms with Crippen molar-refractivity contribution in [2.75, 3.05) is 10.8 Å². The smallest absolute Gasteiger partial charge is 0.264 e. The molecule has 7 nitrogen and oxygen atoms in total. The number of hydrogen-bond donors (Lipinski definition) is 1. The highest BCUT2D eigenvalue weighted by Crippen LogP contribution is 2.28. The van der Waals surface area contributed by atoms with E-state index in [0.717, 1.165) is 30.0 Å². The number of anilines is 1. The molecular formula is C30H32Cl3N3O4S. The van der Waals surface area contributed by atoms with E-state index in [0.29, 0.717) is 27.1 Å². The molecule has 1 N–H and O–H groups in total. The number of rotatable bonds is 11. The molecule has 11 heteroatoms. The Hall–Kier alpha value is -2.78. The SMILES string of the molecule is CC[C@@H](C(=O)NC1CCCC1)N(Cc1ccccc1Cl)C(=O)CN(c1cccc(Cl)c1)S(=O)(=O)c1ccc(Cl)cc1. The van der Waals surface area contributed by atoms with E-state index in [-0.39, 0.29) is 29.1 Å². The lowest BCUT2D eigenvalue weighted by atomic mass is 10.1. The van der Waals surface area contributed by atoms with Gasteiger partial charge in [0.15, 0.2) is 0 Å². The molecule has 0 aliphatic heterocycles. The first kappa shape index (κ1) is 31.2. The van der Waals surface area contributed by atoms with E-state index in [9.17, 15) is 18.0 Å². The topological polar surface area (TPSA) is 86.8 Å². The Kier molecular flexibility index (Phi) is 10.6. The second kappa shape index (κ2) is 13.9. The van der Waals surface area contributed by atoms with Crippen molar-refractivity contribution < 1.29 is 18.0 Å². The molecule has 0 heterocycles. The molecule has 41 heavy (non-hydrogen) atoms. The molecule has 0 radical (unpaired) electrons. The maximum absolute atomic E-state index is 14.1. The number of sulfonamides is 1. The summed E-state index contributed by atoms with van der Waals surface area (Å²) in [6.07, 6.45) is 4.20. The monoisotopic (exact) mass is 635 g/mol. The van der Waals surface area contributed by atoms with Crippen molar-refractivity contribution in [3.05, 3.63) is 93.4 Å². The lowest BCUT2D eigenvalue weighted by Crippen LogP contribution is -2.53. The van der Waals surface area contributed by atoms with Crippen molar-refractivity contribution in [2.45, 2.75) is 62.6 Å². The van der Waals surface area contributed by atoms with Crippen LogP contribution < -0.4 is 9.62 Å². The Balaban J connectivity index is 1.72. The van der Waals surface area contributed by atoms with E-state index >= 15 is 0 Å². The van der Waals surface area contributed by atoms with Gasteiger partial charge in [0.05, 0.1) is 10.6 Å². The minimum Gasteiger partial charge on any atom is -0.352 e. The van der Waals surface area contributed by atoms with Gasteiger partial charge in [-0.2, -0.15) is 0 Å². The lowest BCUT2D eigenvalue weighted by Gasteiger charge is -2.34. The fourth-order valence-electron chi connectivity index (χ4n) is 4.99. The molecule has 218 valence electrons. The molecule has 3 aromatic carbocycles. The zero-order valence-electron chi connectivity index (χ0n) is 22.6. The number of benzene rings is 3. The third kappa shape index (κ3) is 7.74. The van der Waals surface area contributed by atoms with Crippen LogP contribution in [0.4, 0.5) is 5.69 Å². The Morgan fingerprint density at radius 1 is 0.927 bits per heavy atom. The number of nitrogens with one attached hydrogen (secondary N) is 1. The van der Waals surface area contributed by atoms with E-state index in [1.54, 1.807) is 42.5 Å². The summed E-state index contributed by atoms with van der Waals surface area (Å²) in [5.41, 5.74) is 0.853. The Morgan fingerprint density at radius 3 is 2.24 bits per heavy atom. The van der Waals surface area contributed by atoms with Gasteiger partial charge in [-0.25, -0.2) is 8.42 Å². The van der Waals surface area contributed by atoms with E-state index in [2.05, 4.69) is 5.32 Å². The molecule has 1 atom stereocenters. The van der Waals surface area contributed by atoms with Crippen LogP contribution in [0, 0.1) is 0 Å². The summed E-state index contributed by atoms with van der Waals surface area (Å²) < 4.78 is 28.8. The highest BCUT2D eigenvalue weighted by Gasteiger charge is 2.35. The maximum Gasteiger partial charge on any atom is 0.264 e. The van der Waals surface area contributed by atoms with Gasteiger partial charge in [0.2, 0.25) is 11.8 Å². The van der Waals surface area contributed by atoms with Gasteiger partial charge in [-0.05, 0) is 73.4 Å². The molecule has 0 aromatic heterocycles. The highest BCUT2D eigenvalue weighted by molar-refractivity contribution is 7.92. The van der Waals surface area contributed by atoms with Gasteiger partial charge in [0, 0.05) is 27.7 Å². The molecule has 1 aliphatic carbocycles. The van der Waals surface area contributed by atoms with Crippen LogP contribution in [-0.2, 0) is 26.2 Å². The second-order valence-corrected chi connectivity index (χ2v) is 13.1. The number of carbonyl (C=O) groups excluding carboxylic acids is 2. The molecule has 0 saturated heterocycles. The predicted molar refractivity (Wildman–Crippen MR) is 164 cm³/mol. The standard InChI is InChI=1S/C30H32Cl3N3O4S/c1-2-28(30(38)34-24-10-4-5-11-24)35(19-21-8-3-6-13-27(21)33)29(37)20-36(25-12-7-9-23(32)18-25)41(39,40)26-16-14-22(31)15-17-26/h3,6-9,12-18,24,28H,2,4-5,10-11,19-20H2,1H3,(H,34,38)/t28-/m0/s1. The maximum atomic E-state index is 14.1. The average molecular weight is 637 g/mol. The molecular weight excluding hydrogens is 605 g/mol. The summed E-state index contributed by atoms with van der Waals surface area (Å²) in [7, 11) is -4.23. The molecule has 2 amide bonds. The van der Waals surface area contributed by atoms with Crippen molar-refractivity contribution in [1.29, 1.82) is 0 Å². The molecule has 0 spiro atoms. The predicted octanol–water partition coefficient (Wildman–Crippen LogP) is 6.71. The van der Waals surface area contributed by atoms with Gasteiger partial charge < -0.3 is 10.2 Å². The summed E-state index contributed by atoms with van der Waals surface area (Å²) in [6.45, 7) is 1.29. The first-order valence-corrected chi connectivity index (χ1v) is 16.0. The summed E-state index contributed by atoms with van der Waals surface area (Å²) in [6, 6.07) is 18.3. The second-order valence-electron chi connectivity index (χ2n) is 9.97. The first-order valence-electron chi connectivity index (χ1n) is 13.5. The van der Waals surface area contributed by atoms with Crippen molar-refractivity contribution in [3.63, 3.8) is 0 Å². The first-order chi connectivity index (χ1) is 19.6. The van der Waals surface area contributed by atoms with Crippen LogP contribution in [0.2, 0.25) is 15.1 Å². The Bertz CT molecular complexity index is 1480. The fraction of sp³-hybridized carbons (Fsp3) is 0.333. The van der Waals surface area contributed by atoms with Gasteiger partial charge in [0.25, 0.3) is 10.0 Å². The summed E-state index contributed by atoms with van der Waals surface area (Å²) in [5.74, 6) is -0.828. The largest absolute Gasteiger partial charge is 0.352 e. The fourth-order valence-corrected chi connectivity index (χ4v) is 6.90. The number of carbonyl (C=O) groups is 2. The van der Waals surface area contributed by atoms with Crippen LogP contribution in [0.1, 0.15) is 44.6 Å². The zero-order valence-corrected chi connectivity index (χ0v) is 25.7. The van der Waals surface area contributed by atoms with Crippen LogP contribution in [-0.4, -0.2) is 43.8 Å². The Morgan fingerprint density at radius 2 is 1.61 bits per heavy atom. The third-order valence-corrected chi connectivity index (χ3v) is 9.81. The average Bonchev–Trinajstić information content (AvgIpc) is 3.45. The minimum absolute atomic E-state index is 0.0273. The van der Waals surface area contributed by atoms with Gasteiger partial charge in [-0.1, -0.05) is 78.8 Å². The molecule has 3 aromatic rings. The number of hydrogen-bond acceptors (Lipinski definition) is 4. The van der Waals surface area contributed by atoms with Crippen molar-refractivity contribution in [1.82, 2.24) is 10.2 Å². The number of amides is 2. The third-order valence-electron chi connectivity index (χ3n) is 7.16. The van der Waals surface area contributed by atoms with Crippen LogP contribution in [0.5, 0.6) is 0 Å². The van der Waals surface area contributed by atoms with Gasteiger partial charge in [0.1, 0.15) is 12.6 Å². The molecule has 1 aliphatic rings. The van der Waals surface area contributed by atoms with E-state index in [4.69, 9.17) is 34.8 Å². The van der Waals surface area contributed by atoms with Crippen molar-refractivity contribution in [2.24, 2.45) is 0 Å². The number of halogens is 3. The summed E-state index contributed by atoms with van der Waals surface area (Å²) in [5, 5.41) is 4.21. The molecule has 1 saturated carbocycles. The lowest BCUT2D eigenvalue weighted by molar-refractivity contribution is -0.140. The van der Waals surface area contributed by atoms with Crippen molar-refractivity contribution in [3.8, 4) is 0 Å². The van der Waals surface area contributed by atoms with Crippen LogP contribution in [0.3, 0.4) is 0 Å². The van der Waals surface area contributed by atoms with Crippen molar-refractivity contribution >= 4 is 62.3 Å². The highest BCUT2D eigenvalue weighted by atomic mass is 35.5. The molecule has 0 bridgehead atoms. The van der Waals surface area contributed by atoms with E-state index in [1.807, 2.05) is 6.92 Å². The quantitative estimate of drug-likeness (QED) is 0.254. The summed E-state index contributed by atoms with van der Waals surface area (Å²) in [4.78, 5) is 29.0. The minimum atomic E-state index is -4.23. The van der Waals surface area contributed by atoms with Gasteiger partial charge in [-0.3, -0.25) is 13.9 Å². The van der Waals surface area contributed by atoms with Crippen LogP contribution in [0.15, 0.2) is 77.7 Å². The van der Waals surface area contributed by atoms with Gasteiger partial charge >= 0.3 is 0 Å². The van der Waals surface area contributed by atoms with E-state index in [1.165, 1.54) is 35.2 Å². The summed E-state index contributed by atoms with van der Waals surface area (Å²) >= 11 is 18.7. The van der Waals surface area contributed by atoms with Crippen LogP contribution >= 0.6 is 34.8 Å².